The normalized spacial score (nSPS) is 17.6. The first kappa shape index (κ1) is 23.3. The second kappa shape index (κ2) is 10.2. The molecule has 1 aliphatic rings. The fourth-order valence-corrected chi connectivity index (χ4v) is 5.09. The predicted octanol–water partition coefficient (Wildman–Crippen LogP) is 2.96. The molecule has 29 heavy (non-hydrogen) atoms. The zero-order valence-corrected chi connectivity index (χ0v) is 18.5. The molecule has 2 atom stereocenters. The summed E-state index contributed by atoms with van der Waals surface area (Å²) in [5.41, 5.74) is 0.195. The molecular weight excluding hydrogens is 392 g/mol. The maximum atomic E-state index is 13.1. The van der Waals surface area contributed by atoms with Crippen molar-refractivity contribution >= 4 is 21.9 Å². The van der Waals surface area contributed by atoms with Crippen LogP contribution in [0.5, 0.6) is 0 Å². The first-order valence-electron chi connectivity index (χ1n) is 10.2. The lowest BCUT2D eigenvalue weighted by Crippen LogP contribution is -2.45. The Balaban J connectivity index is 2.23. The zero-order chi connectivity index (χ0) is 21.6. The van der Waals surface area contributed by atoms with Gasteiger partial charge in [-0.3, -0.25) is 4.79 Å². The molecule has 0 aliphatic heterocycles. The number of nitrogens with zero attached hydrogens (tertiary/aromatic N) is 1. The highest BCUT2D eigenvalue weighted by Crippen LogP contribution is 2.26. The van der Waals surface area contributed by atoms with Gasteiger partial charge in [-0.25, -0.2) is 13.2 Å². The largest absolute Gasteiger partial charge is 0.467 e. The third-order valence-corrected chi connectivity index (χ3v) is 7.72. The van der Waals surface area contributed by atoms with Gasteiger partial charge in [0.1, 0.15) is 6.04 Å². The number of nitrogens with one attached hydrogen (secondary N) is 1. The number of hydrogen-bond donors (Lipinski definition) is 1. The highest BCUT2D eigenvalue weighted by atomic mass is 32.2. The van der Waals surface area contributed by atoms with Crippen molar-refractivity contribution < 1.29 is 22.7 Å². The molecule has 1 aromatic rings. The minimum atomic E-state index is -3.70. The van der Waals surface area contributed by atoms with E-state index in [-0.39, 0.29) is 22.4 Å². The predicted molar refractivity (Wildman–Crippen MR) is 111 cm³/mol. The molecule has 0 radical (unpaired) electrons. The molecule has 1 aliphatic carbocycles. The maximum Gasteiger partial charge on any atom is 0.328 e. The summed E-state index contributed by atoms with van der Waals surface area (Å²) in [6.45, 7) is 3.77. The number of hydrogen-bond acceptors (Lipinski definition) is 5. The standard InChI is InChI=1S/C21H32N2O5S/c1-5-15(2)19(21(25)28-4)22-20(24)16-10-9-13-18(14-16)29(26,27)23(3)17-11-7-6-8-12-17/h9-10,13-15,17,19H,5-8,11-12H2,1-4H3,(H,22,24)/t15-,19-/m0/s1. The Morgan fingerprint density at radius 3 is 2.48 bits per heavy atom. The number of sulfonamides is 1. The molecule has 1 aromatic carbocycles. The Bertz CT molecular complexity index is 818. The lowest BCUT2D eigenvalue weighted by atomic mass is 9.96. The van der Waals surface area contributed by atoms with Gasteiger partial charge in [0.2, 0.25) is 10.0 Å². The van der Waals surface area contributed by atoms with Crippen LogP contribution in [0.1, 0.15) is 62.7 Å². The van der Waals surface area contributed by atoms with E-state index in [2.05, 4.69) is 5.32 Å². The van der Waals surface area contributed by atoms with Crippen molar-refractivity contribution in [2.45, 2.75) is 69.4 Å². The van der Waals surface area contributed by atoms with Gasteiger partial charge in [-0.15, -0.1) is 0 Å². The van der Waals surface area contributed by atoms with E-state index >= 15 is 0 Å². The molecule has 162 valence electrons. The Morgan fingerprint density at radius 2 is 1.90 bits per heavy atom. The molecular formula is C21H32N2O5S. The van der Waals surface area contributed by atoms with E-state index < -0.39 is 27.9 Å². The average molecular weight is 425 g/mol. The number of amides is 1. The minimum absolute atomic E-state index is 0.0136. The molecule has 1 fully saturated rings. The molecule has 0 heterocycles. The number of benzene rings is 1. The molecule has 0 aromatic heterocycles. The monoisotopic (exact) mass is 424 g/mol. The Hall–Kier alpha value is -1.93. The van der Waals surface area contributed by atoms with Gasteiger partial charge in [-0.2, -0.15) is 4.31 Å². The fourth-order valence-electron chi connectivity index (χ4n) is 3.63. The van der Waals surface area contributed by atoms with Gasteiger partial charge in [0.15, 0.2) is 0 Å². The highest BCUT2D eigenvalue weighted by molar-refractivity contribution is 7.89. The number of ether oxygens (including phenoxy) is 1. The van der Waals surface area contributed by atoms with Gasteiger partial charge in [0.25, 0.3) is 5.91 Å². The highest BCUT2D eigenvalue weighted by Gasteiger charge is 2.30. The summed E-state index contributed by atoms with van der Waals surface area (Å²) in [5.74, 6) is -1.14. The van der Waals surface area contributed by atoms with Crippen molar-refractivity contribution in [3.8, 4) is 0 Å². The molecule has 7 nitrogen and oxygen atoms in total. The van der Waals surface area contributed by atoms with E-state index in [1.54, 1.807) is 19.2 Å². The molecule has 2 rings (SSSR count). The van der Waals surface area contributed by atoms with Crippen LogP contribution in [-0.4, -0.2) is 50.8 Å². The van der Waals surface area contributed by atoms with Crippen LogP contribution in [0, 0.1) is 5.92 Å². The van der Waals surface area contributed by atoms with E-state index in [0.717, 1.165) is 32.1 Å². The van der Waals surface area contributed by atoms with Gasteiger partial charge in [-0.1, -0.05) is 45.6 Å². The van der Waals surface area contributed by atoms with E-state index in [1.807, 2.05) is 13.8 Å². The number of methoxy groups -OCH3 is 1. The van der Waals surface area contributed by atoms with Crippen molar-refractivity contribution in [2.75, 3.05) is 14.2 Å². The second-order valence-electron chi connectivity index (χ2n) is 7.70. The van der Waals surface area contributed by atoms with Gasteiger partial charge in [0, 0.05) is 18.7 Å². The lowest BCUT2D eigenvalue weighted by molar-refractivity contribution is -0.144. The maximum absolute atomic E-state index is 13.1. The number of carbonyl (C=O) groups excluding carboxylic acids is 2. The topological polar surface area (TPSA) is 92.8 Å². The van der Waals surface area contributed by atoms with Crippen LogP contribution in [0.2, 0.25) is 0 Å². The molecule has 1 N–H and O–H groups in total. The van der Waals surface area contributed by atoms with Crippen molar-refractivity contribution in [1.29, 1.82) is 0 Å². The molecule has 1 saturated carbocycles. The van der Waals surface area contributed by atoms with Crippen LogP contribution in [0.15, 0.2) is 29.2 Å². The van der Waals surface area contributed by atoms with Crippen molar-refractivity contribution in [1.82, 2.24) is 9.62 Å². The van der Waals surface area contributed by atoms with E-state index in [1.165, 1.54) is 23.5 Å². The molecule has 1 amide bonds. The Morgan fingerprint density at radius 1 is 1.24 bits per heavy atom. The van der Waals surface area contributed by atoms with Gasteiger partial charge < -0.3 is 10.1 Å². The SMILES string of the molecule is CC[C@H](C)[C@H](NC(=O)c1cccc(S(=O)(=O)N(C)C2CCCCC2)c1)C(=O)OC. The van der Waals surface area contributed by atoms with E-state index in [4.69, 9.17) is 4.74 Å². The fraction of sp³-hybridized carbons (Fsp3) is 0.619. The van der Waals surface area contributed by atoms with Crippen molar-refractivity contribution in [3.05, 3.63) is 29.8 Å². The minimum Gasteiger partial charge on any atom is -0.467 e. The van der Waals surface area contributed by atoms with Crippen LogP contribution in [0.25, 0.3) is 0 Å². The van der Waals surface area contributed by atoms with Gasteiger partial charge in [0.05, 0.1) is 12.0 Å². The second-order valence-corrected chi connectivity index (χ2v) is 9.70. The van der Waals surface area contributed by atoms with Crippen LogP contribution < -0.4 is 5.32 Å². The van der Waals surface area contributed by atoms with E-state index in [0.29, 0.717) is 6.42 Å². The molecule has 0 saturated heterocycles. The van der Waals surface area contributed by atoms with E-state index in [9.17, 15) is 18.0 Å². The average Bonchev–Trinajstić information content (AvgIpc) is 2.76. The van der Waals surface area contributed by atoms with Crippen LogP contribution in [-0.2, 0) is 19.6 Å². The summed E-state index contributed by atoms with van der Waals surface area (Å²) in [4.78, 5) is 24.8. The Kier molecular flexibility index (Phi) is 8.22. The number of rotatable bonds is 8. The number of carbonyl (C=O) groups is 2. The summed E-state index contributed by atoms with van der Waals surface area (Å²) in [6.07, 6.45) is 5.57. The summed E-state index contributed by atoms with van der Waals surface area (Å²) in [5, 5.41) is 2.68. The first-order chi connectivity index (χ1) is 13.7. The quantitative estimate of drug-likeness (QED) is 0.648. The summed E-state index contributed by atoms with van der Waals surface area (Å²) in [6, 6.07) is 5.16. The van der Waals surface area contributed by atoms with Crippen molar-refractivity contribution in [2.24, 2.45) is 5.92 Å². The summed E-state index contributed by atoms with van der Waals surface area (Å²) < 4.78 is 32.3. The number of esters is 1. The van der Waals surface area contributed by atoms with Crippen LogP contribution in [0.4, 0.5) is 0 Å². The lowest BCUT2D eigenvalue weighted by Gasteiger charge is -2.30. The first-order valence-corrected chi connectivity index (χ1v) is 11.6. The van der Waals surface area contributed by atoms with Crippen molar-refractivity contribution in [3.63, 3.8) is 0 Å². The van der Waals surface area contributed by atoms with Crippen LogP contribution >= 0.6 is 0 Å². The summed E-state index contributed by atoms with van der Waals surface area (Å²) in [7, 11) is -0.822. The Labute approximate surface area is 173 Å². The van der Waals surface area contributed by atoms with Gasteiger partial charge >= 0.3 is 5.97 Å². The molecule has 0 spiro atoms. The molecule has 0 unspecified atom stereocenters. The third-order valence-electron chi connectivity index (χ3n) is 5.82. The zero-order valence-electron chi connectivity index (χ0n) is 17.7. The van der Waals surface area contributed by atoms with Gasteiger partial charge in [-0.05, 0) is 37.0 Å². The molecule has 8 heteroatoms. The van der Waals surface area contributed by atoms with Crippen LogP contribution in [0.3, 0.4) is 0 Å². The smallest absolute Gasteiger partial charge is 0.328 e. The summed E-state index contributed by atoms with van der Waals surface area (Å²) >= 11 is 0. The molecule has 0 bridgehead atoms. The third kappa shape index (κ3) is 5.57.